The summed E-state index contributed by atoms with van der Waals surface area (Å²) >= 11 is 0. The van der Waals surface area contributed by atoms with Crippen molar-refractivity contribution in [2.24, 2.45) is 5.92 Å². The van der Waals surface area contributed by atoms with Crippen molar-refractivity contribution in [3.05, 3.63) is 29.6 Å². The number of nitrogens with zero attached hydrogens (tertiary/aromatic N) is 2. The Bertz CT molecular complexity index is 548. The Labute approximate surface area is 137 Å². The fourth-order valence-electron chi connectivity index (χ4n) is 2.75. The average Bonchev–Trinajstić information content (AvgIpc) is 2.58. The van der Waals surface area contributed by atoms with E-state index in [1.165, 1.54) is 6.20 Å². The number of methoxy groups -OCH3 is 1. The molecule has 1 N–H and O–H groups in total. The monoisotopic (exact) mass is 319 g/mol. The number of likely N-dealkylation sites (tertiary alicyclic amines) is 1. The summed E-state index contributed by atoms with van der Waals surface area (Å²) in [5, 5.41) is 2.81. The molecule has 0 saturated carbocycles. The van der Waals surface area contributed by atoms with E-state index < -0.39 is 0 Å². The minimum Gasteiger partial charge on any atom is -0.385 e. The molecule has 1 aliphatic rings. The predicted molar refractivity (Wildman–Crippen MR) is 87.4 cm³/mol. The molecule has 1 atom stereocenters. The highest BCUT2D eigenvalue weighted by Gasteiger charge is 2.23. The maximum absolute atomic E-state index is 12.5. The Morgan fingerprint density at radius 1 is 1.48 bits per heavy atom. The molecule has 0 bridgehead atoms. The van der Waals surface area contributed by atoms with Gasteiger partial charge in [0.1, 0.15) is 5.69 Å². The lowest BCUT2D eigenvalue weighted by Gasteiger charge is -2.30. The Morgan fingerprint density at radius 2 is 2.30 bits per heavy atom. The Kier molecular flexibility index (Phi) is 6.52. The van der Waals surface area contributed by atoms with Gasteiger partial charge >= 0.3 is 0 Å². The van der Waals surface area contributed by atoms with E-state index in [4.69, 9.17) is 4.74 Å². The predicted octanol–water partition coefficient (Wildman–Crippen LogP) is 1.72. The fraction of sp³-hybridized carbons (Fsp3) is 0.588. The minimum absolute atomic E-state index is 0.0921. The van der Waals surface area contributed by atoms with Crippen LogP contribution in [0, 0.1) is 5.92 Å². The number of nitrogens with one attached hydrogen (secondary N) is 1. The first-order valence-electron chi connectivity index (χ1n) is 8.14. The molecule has 126 valence electrons. The third-order valence-electron chi connectivity index (χ3n) is 4.00. The number of piperidine rings is 1. The Balaban J connectivity index is 1.98. The number of pyridine rings is 1. The molecule has 1 fully saturated rings. The summed E-state index contributed by atoms with van der Waals surface area (Å²) in [7, 11) is 1.63. The molecule has 0 aromatic carbocycles. The van der Waals surface area contributed by atoms with Gasteiger partial charge in [-0.25, -0.2) is 0 Å². The molecule has 23 heavy (non-hydrogen) atoms. The molecular formula is C17H25N3O3. The largest absolute Gasteiger partial charge is 0.385 e. The van der Waals surface area contributed by atoms with Crippen LogP contribution in [0.2, 0.25) is 0 Å². The van der Waals surface area contributed by atoms with Gasteiger partial charge < -0.3 is 15.0 Å². The number of hydrogen-bond acceptors (Lipinski definition) is 4. The van der Waals surface area contributed by atoms with Crippen molar-refractivity contribution in [1.29, 1.82) is 0 Å². The van der Waals surface area contributed by atoms with Gasteiger partial charge in [-0.05, 0) is 37.3 Å². The van der Waals surface area contributed by atoms with Crippen LogP contribution in [0.3, 0.4) is 0 Å². The molecule has 2 rings (SSSR count). The number of aromatic nitrogens is 1. The van der Waals surface area contributed by atoms with Crippen molar-refractivity contribution >= 4 is 11.8 Å². The van der Waals surface area contributed by atoms with Gasteiger partial charge in [0.25, 0.3) is 11.8 Å². The van der Waals surface area contributed by atoms with E-state index in [9.17, 15) is 9.59 Å². The number of carbonyl (C=O) groups is 2. The van der Waals surface area contributed by atoms with Crippen LogP contribution >= 0.6 is 0 Å². The first-order valence-corrected chi connectivity index (χ1v) is 8.14. The zero-order valence-electron chi connectivity index (χ0n) is 13.9. The van der Waals surface area contributed by atoms with Crippen LogP contribution in [0.5, 0.6) is 0 Å². The highest BCUT2D eigenvalue weighted by molar-refractivity contribution is 5.98. The molecule has 1 unspecified atom stereocenters. The topological polar surface area (TPSA) is 71.5 Å². The quantitative estimate of drug-likeness (QED) is 0.811. The fourth-order valence-corrected chi connectivity index (χ4v) is 2.75. The average molecular weight is 319 g/mol. The number of carbonyl (C=O) groups excluding carboxylic acids is 2. The Morgan fingerprint density at radius 3 is 3.04 bits per heavy atom. The first kappa shape index (κ1) is 17.4. The zero-order valence-corrected chi connectivity index (χ0v) is 13.9. The molecule has 6 nitrogen and oxygen atoms in total. The van der Waals surface area contributed by atoms with Crippen molar-refractivity contribution in [3.8, 4) is 0 Å². The second-order valence-electron chi connectivity index (χ2n) is 6.03. The summed E-state index contributed by atoms with van der Waals surface area (Å²) in [6.07, 6.45) is 4.45. The first-order chi connectivity index (χ1) is 11.1. The SMILES string of the molecule is COCCCNC(=O)c1ccnc(C(=O)N2CCCC(C)C2)c1. The van der Waals surface area contributed by atoms with Crippen molar-refractivity contribution in [2.45, 2.75) is 26.2 Å². The van der Waals surface area contributed by atoms with Gasteiger partial charge in [0.2, 0.25) is 0 Å². The van der Waals surface area contributed by atoms with Crippen molar-refractivity contribution in [3.63, 3.8) is 0 Å². The molecule has 2 heterocycles. The number of amides is 2. The maximum atomic E-state index is 12.5. The normalized spacial score (nSPS) is 17.8. The third kappa shape index (κ3) is 5.03. The van der Waals surface area contributed by atoms with Gasteiger partial charge in [-0.3, -0.25) is 14.6 Å². The van der Waals surface area contributed by atoms with E-state index in [0.717, 1.165) is 32.4 Å². The van der Waals surface area contributed by atoms with Gasteiger partial charge in [-0.15, -0.1) is 0 Å². The highest BCUT2D eigenvalue weighted by atomic mass is 16.5. The van der Waals surface area contributed by atoms with Crippen molar-refractivity contribution in [2.75, 3.05) is 33.4 Å². The lowest BCUT2D eigenvalue weighted by molar-refractivity contribution is 0.0677. The van der Waals surface area contributed by atoms with Gasteiger partial charge in [-0.2, -0.15) is 0 Å². The van der Waals surface area contributed by atoms with Crippen molar-refractivity contribution in [1.82, 2.24) is 15.2 Å². The van der Waals surface area contributed by atoms with E-state index in [2.05, 4.69) is 17.2 Å². The summed E-state index contributed by atoms with van der Waals surface area (Å²) in [5.41, 5.74) is 0.800. The molecule has 0 radical (unpaired) electrons. The van der Waals surface area contributed by atoms with Crippen LogP contribution in [0.15, 0.2) is 18.3 Å². The molecule has 0 spiro atoms. The molecule has 1 aromatic rings. The van der Waals surface area contributed by atoms with Crippen LogP contribution in [0.4, 0.5) is 0 Å². The smallest absolute Gasteiger partial charge is 0.272 e. The van der Waals surface area contributed by atoms with E-state index in [0.29, 0.717) is 30.3 Å². The highest BCUT2D eigenvalue weighted by Crippen LogP contribution is 2.17. The van der Waals surface area contributed by atoms with Gasteiger partial charge in [0.05, 0.1) is 0 Å². The summed E-state index contributed by atoms with van der Waals surface area (Å²) in [5.74, 6) is 0.232. The lowest BCUT2D eigenvalue weighted by Crippen LogP contribution is -2.39. The summed E-state index contributed by atoms with van der Waals surface area (Å²) < 4.78 is 4.94. The molecule has 0 aliphatic carbocycles. The number of rotatable bonds is 6. The summed E-state index contributed by atoms with van der Waals surface area (Å²) in [6, 6.07) is 3.20. The zero-order chi connectivity index (χ0) is 16.7. The lowest BCUT2D eigenvalue weighted by atomic mass is 10.00. The second kappa shape index (κ2) is 8.62. The van der Waals surface area contributed by atoms with Crippen LogP contribution in [0.1, 0.15) is 47.0 Å². The van der Waals surface area contributed by atoms with E-state index >= 15 is 0 Å². The molecule has 1 saturated heterocycles. The van der Waals surface area contributed by atoms with E-state index in [1.807, 2.05) is 4.90 Å². The van der Waals surface area contributed by atoms with Crippen LogP contribution in [-0.2, 0) is 4.74 Å². The van der Waals surface area contributed by atoms with Gasteiger partial charge in [0.15, 0.2) is 0 Å². The summed E-state index contributed by atoms with van der Waals surface area (Å²) in [4.78, 5) is 30.6. The maximum Gasteiger partial charge on any atom is 0.272 e. The van der Waals surface area contributed by atoms with Gasteiger partial charge in [-0.1, -0.05) is 6.92 Å². The molecule has 1 aromatic heterocycles. The van der Waals surface area contributed by atoms with Gasteiger partial charge in [0, 0.05) is 45.1 Å². The Hall–Kier alpha value is -1.95. The third-order valence-corrected chi connectivity index (χ3v) is 4.00. The number of ether oxygens (including phenoxy) is 1. The minimum atomic E-state index is -0.190. The van der Waals surface area contributed by atoms with Crippen LogP contribution in [0.25, 0.3) is 0 Å². The molecular weight excluding hydrogens is 294 g/mol. The number of hydrogen-bond donors (Lipinski definition) is 1. The molecule has 1 aliphatic heterocycles. The van der Waals surface area contributed by atoms with E-state index in [-0.39, 0.29) is 11.8 Å². The molecule has 6 heteroatoms. The molecule has 2 amide bonds. The summed E-state index contributed by atoms with van der Waals surface area (Å²) in [6.45, 7) is 4.82. The van der Waals surface area contributed by atoms with Crippen LogP contribution in [-0.4, -0.2) is 55.0 Å². The van der Waals surface area contributed by atoms with E-state index in [1.54, 1.807) is 19.2 Å². The second-order valence-corrected chi connectivity index (χ2v) is 6.03. The standard InChI is InChI=1S/C17H25N3O3/c1-13-5-3-9-20(12-13)17(22)15-11-14(6-8-18-15)16(21)19-7-4-10-23-2/h6,8,11,13H,3-5,7,9-10,12H2,1-2H3,(H,19,21). The van der Waals surface area contributed by atoms with Crippen molar-refractivity contribution < 1.29 is 14.3 Å². The van der Waals surface area contributed by atoms with Crippen LogP contribution < -0.4 is 5.32 Å².